The van der Waals surface area contributed by atoms with Gasteiger partial charge in [0.2, 0.25) is 5.91 Å². The molecule has 0 spiro atoms. The summed E-state index contributed by atoms with van der Waals surface area (Å²) in [5.74, 6) is -0.678. The standard InChI is InChI=1S/C18H14F2N2OS/c1-11-8-18(22-16-7-4-13(20)9-15(11)16)24-10-17(23)21-14-5-2-12(19)3-6-14/h2-9H,10H2,1H3,(H,21,23). The molecule has 0 bridgehead atoms. The molecule has 1 aromatic heterocycles. The Morgan fingerprint density at radius 2 is 1.79 bits per heavy atom. The molecule has 122 valence electrons. The number of thioether (sulfide) groups is 1. The fraction of sp³-hybridized carbons (Fsp3) is 0.111. The van der Waals surface area contributed by atoms with Crippen molar-refractivity contribution in [1.82, 2.24) is 4.98 Å². The summed E-state index contributed by atoms with van der Waals surface area (Å²) in [4.78, 5) is 16.4. The van der Waals surface area contributed by atoms with Crippen molar-refractivity contribution < 1.29 is 13.6 Å². The van der Waals surface area contributed by atoms with Crippen molar-refractivity contribution >= 4 is 34.3 Å². The van der Waals surface area contributed by atoms with Gasteiger partial charge in [-0.3, -0.25) is 4.79 Å². The predicted octanol–water partition coefficient (Wildman–Crippen LogP) is 4.55. The van der Waals surface area contributed by atoms with Gasteiger partial charge >= 0.3 is 0 Å². The van der Waals surface area contributed by atoms with E-state index >= 15 is 0 Å². The fourth-order valence-electron chi connectivity index (χ4n) is 2.28. The zero-order valence-corrected chi connectivity index (χ0v) is 13.7. The number of pyridine rings is 1. The lowest BCUT2D eigenvalue weighted by Gasteiger charge is -2.07. The van der Waals surface area contributed by atoms with Gasteiger partial charge in [-0.1, -0.05) is 11.8 Å². The minimum atomic E-state index is -0.352. The number of anilines is 1. The molecule has 6 heteroatoms. The number of fused-ring (bicyclic) bond motifs is 1. The number of aromatic nitrogens is 1. The Morgan fingerprint density at radius 1 is 1.08 bits per heavy atom. The lowest BCUT2D eigenvalue weighted by Crippen LogP contribution is -2.14. The SMILES string of the molecule is Cc1cc(SCC(=O)Nc2ccc(F)cc2)nc2ccc(F)cc12. The van der Waals surface area contributed by atoms with Gasteiger partial charge in [0.05, 0.1) is 16.3 Å². The molecule has 2 aromatic carbocycles. The Hall–Kier alpha value is -2.47. The predicted molar refractivity (Wildman–Crippen MR) is 92.2 cm³/mol. The zero-order valence-electron chi connectivity index (χ0n) is 12.8. The first-order chi connectivity index (χ1) is 11.5. The Labute approximate surface area is 142 Å². The summed E-state index contributed by atoms with van der Waals surface area (Å²) in [6.07, 6.45) is 0. The number of carbonyl (C=O) groups excluding carboxylic acids is 1. The van der Waals surface area contributed by atoms with Crippen molar-refractivity contribution in [3.63, 3.8) is 0 Å². The van der Waals surface area contributed by atoms with Crippen LogP contribution in [0.2, 0.25) is 0 Å². The average Bonchev–Trinajstić information content (AvgIpc) is 2.56. The first kappa shape index (κ1) is 16.4. The molecule has 0 aliphatic carbocycles. The van der Waals surface area contributed by atoms with Crippen LogP contribution in [0.25, 0.3) is 10.9 Å². The van der Waals surface area contributed by atoms with E-state index in [4.69, 9.17) is 0 Å². The van der Waals surface area contributed by atoms with Crippen LogP contribution >= 0.6 is 11.8 Å². The van der Waals surface area contributed by atoms with E-state index in [1.165, 1.54) is 48.2 Å². The molecule has 0 unspecified atom stereocenters. The van der Waals surface area contributed by atoms with Gasteiger partial charge < -0.3 is 5.32 Å². The van der Waals surface area contributed by atoms with Crippen molar-refractivity contribution in [2.45, 2.75) is 11.9 Å². The van der Waals surface area contributed by atoms with E-state index < -0.39 is 0 Å². The zero-order chi connectivity index (χ0) is 17.1. The number of aryl methyl sites for hydroxylation is 1. The Bertz CT molecular complexity index is 897. The number of rotatable bonds is 4. The topological polar surface area (TPSA) is 42.0 Å². The summed E-state index contributed by atoms with van der Waals surface area (Å²) in [7, 11) is 0. The molecule has 3 nitrogen and oxygen atoms in total. The van der Waals surface area contributed by atoms with E-state index in [2.05, 4.69) is 10.3 Å². The quantitative estimate of drug-likeness (QED) is 0.706. The van der Waals surface area contributed by atoms with Crippen molar-refractivity contribution in [3.05, 3.63) is 65.7 Å². The maximum atomic E-state index is 13.3. The summed E-state index contributed by atoms with van der Waals surface area (Å²) in [5.41, 5.74) is 2.14. The van der Waals surface area contributed by atoms with E-state index in [0.29, 0.717) is 16.2 Å². The van der Waals surface area contributed by atoms with E-state index in [1.54, 1.807) is 6.07 Å². The number of benzene rings is 2. The summed E-state index contributed by atoms with van der Waals surface area (Å²) in [6, 6.07) is 11.9. The number of halogens is 2. The highest BCUT2D eigenvalue weighted by molar-refractivity contribution is 7.99. The van der Waals surface area contributed by atoms with Crippen molar-refractivity contribution in [1.29, 1.82) is 0 Å². The number of hydrogen-bond acceptors (Lipinski definition) is 3. The van der Waals surface area contributed by atoms with Crippen molar-refractivity contribution in [2.24, 2.45) is 0 Å². The molecule has 3 aromatic rings. The Kier molecular flexibility index (Phi) is 4.76. The third kappa shape index (κ3) is 3.89. The van der Waals surface area contributed by atoms with Gasteiger partial charge in [0.15, 0.2) is 0 Å². The van der Waals surface area contributed by atoms with Crippen LogP contribution in [0.3, 0.4) is 0 Å². The summed E-state index contributed by atoms with van der Waals surface area (Å²) in [5, 5.41) is 4.15. The van der Waals surface area contributed by atoms with Crippen LogP contribution in [0.4, 0.5) is 14.5 Å². The van der Waals surface area contributed by atoms with Crippen molar-refractivity contribution in [3.8, 4) is 0 Å². The number of carbonyl (C=O) groups is 1. The molecule has 0 atom stereocenters. The Balaban J connectivity index is 1.67. The van der Waals surface area contributed by atoms with Gasteiger partial charge in [0, 0.05) is 11.1 Å². The maximum absolute atomic E-state index is 13.3. The van der Waals surface area contributed by atoms with Crippen LogP contribution in [0, 0.1) is 18.6 Å². The Morgan fingerprint density at radius 3 is 2.54 bits per heavy atom. The summed E-state index contributed by atoms with van der Waals surface area (Å²) < 4.78 is 26.1. The maximum Gasteiger partial charge on any atom is 0.234 e. The molecule has 0 aliphatic heterocycles. The number of amides is 1. The van der Waals surface area contributed by atoms with Gasteiger partial charge in [-0.15, -0.1) is 0 Å². The molecule has 0 radical (unpaired) electrons. The molecule has 24 heavy (non-hydrogen) atoms. The van der Waals surface area contributed by atoms with Gasteiger partial charge in [0.1, 0.15) is 11.6 Å². The highest BCUT2D eigenvalue weighted by atomic mass is 32.2. The summed E-state index contributed by atoms with van der Waals surface area (Å²) in [6.45, 7) is 1.88. The van der Waals surface area contributed by atoms with Crippen LogP contribution in [0.1, 0.15) is 5.56 Å². The van der Waals surface area contributed by atoms with Crippen LogP contribution in [-0.4, -0.2) is 16.6 Å². The molecule has 0 saturated heterocycles. The molecule has 1 heterocycles. The minimum absolute atomic E-state index is 0.177. The molecule has 0 fully saturated rings. The largest absolute Gasteiger partial charge is 0.325 e. The van der Waals surface area contributed by atoms with Gasteiger partial charge in [-0.2, -0.15) is 0 Å². The second-order valence-corrected chi connectivity index (χ2v) is 6.28. The van der Waals surface area contributed by atoms with E-state index in [1.807, 2.05) is 13.0 Å². The van der Waals surface area contributed by atoms with Crippen LogP contribution < -0.4 is 5.32 Å². The third-order valence-corrected chi connectivity index (χ3v) is 4.34. The van der Waals surface area contributed by atoms with Gasteiger partial charge in [-0.25, -0.2) is 13.8 Å². The molecule has 3 rings (SSSR count). The highest BCUT2D eigenvalue weighted by Gasteiger charge is 2.08. The monoisotopic (exact) mass is 344 g/mol. The minimum Gasteiger partial charge on any atom is -0.325 e. The van der Waals surface area contributed by atoms with Crippen LogP contribution in [0.15, 0.2) is 53.6 Å². The van der Waals surface area contributed by atoms with E-state index in [-0.39, 0.29) is 23.3 Å². The molecule has 0 saturated carbocycles. The smallest absolute Gasteiger partial charge is 0.234 e. The van der Waals surface area contributed by atoms with Gasteiger partial charge in [0.25, 0.3) is 0 Å². The van der Waals surface area contributed by atoms with Crippen LogP contribution in [-0.2, 0) is 4.79 Å². The van der Waals surface area contributed by atoms with E-state index in [0.717, 1.165) is 10.9 Å². The molecule has 1 N–H and O–H groups in total. The lowest BCUT2D eigenvalue weighted by molar-refractivity contribution is -0.113. The molecule has 0 aliphatic rings. The number of hydrogen-bond donors (Lipinski definition) is 1. The van der Waals surface area contributed by atoms with E-state index in [9.17, 15) is 13.6 Å². The van der Waals surface area contributed by atoms with Crippen LogP contribution in [0.5, 0.6) is 0 Å². The first-order valence-corrected chi connectivity index (χ1v) is 8.25. The van der Waals surface area contributed by atoms with Crippen molar-refractivity contribution in [2.75, 3.05) is 11.1 Å². The average molecular weight is 344 g/mol. The highest BCUT2D eigenvalue weighted by Crippen LogP contribution is 2.24. The van der Waals surface area contributed by atoms with Gasteiger partial charge in [-0.05, 0) is 61.0 Å². The second kappa shape index (κ2) is 6.97. The lowest BCUT2D eigenvalue weighted by atomic mass is 10.1. The normalized spacial score (nSPS) is 10.8. The molecule has 1 amide bonds. The molecular formula is C18H14F2N2OS. The number of nitrogens with one attached hydrogen (secondary N) is 1. The third-order valence-electron chi connectivity index (χ3n) is 3.43. The number of nitrogens with zero attached hydrogens (tertiary/aromatic N) is 1. The first-order valence-electron chi connectivity index (χ1n) is 7.26. The summed E-state index contributed by atoms with van der Waals surface area (Å²) >= 11 is 1.29. The molecular weight excluding hydrogens is 330 g/mol. The fourth-order valence-corrected chi connectivity index (χ4v) is 3.05. The second-order valence-electron chi connectivity index (χ2n) is 5.28.